The van der Waals surface area contributed by atoms with Crippen molar-refractivity contribution in [3.05, 3.63) is 89.5 Å². The first-order valence-electron chi connectivity index (χ1n) is 9.28. The maximum absolute atomic E-state index is 11.8. The fourth-order valence-electron chi connectivity index (χ4n) is 2.94. The summed E-state index contributed by atoms with van der Waals surface area (Å²) >= 11 is 0. The Kier molecular flexibility index (Phi) is 7.10. The van der Waals surface area contributed by atoms with Crippen molar-refractivity contribution in [3.63, 3.8) is 0 Å². The van der Waals surface area contributed by atoms with Crippen LogP contribution in [0.5, 0.6) is 0 Å². The number of hydrogen-bond donors (Lipinski definition) is 0. The quantitative estimate of drug-likeness (QED) is 0.328. The van der Waals surface area contributed by atoms with Gasteiger partial charge in [-0.1, -0.05) is 0 Å². The zero-order valence-corrected chi connectivity index (χ0v) is 18.1. The van der Waals surface area contributed by atoms with Crippen LogP contribution in [0.1, 0.15) is 31.1 Å². The number of ether oxygens (including phenoxy) is 3. The minimum atomic E-state index is -0.541. The summed E-state index contributed by atoms with van der Waals surface area (Å²) < 4.78 is 14.3. The molecule has 0 aliphatic rings. The van der Waals surface area contributed by atoms with Crippen molar-refractivity contribution in [2.24, 2.45) is 0 Å². The predicted molar refractivity (Wildman–Crippen MR) is 116 cm³/mol. The molecule has 31 heavy (non-hydrogen) atoms. The molecule has 0 heterocycles. The van der Waals surface area contributed by atoms with Crippen molar-refractivity contribution in [2.45, 2.75) is 14.7 Å². The van der Waals surface area contributed by atoms with Crippen LogP contribution in [0.3, 0.4) is 0 Å². The van der Waals surface area contributed by atoms with Crippen LogP contribution in [0.15, 0.2) is 87.5 Å². The van der Waals surface area contributed by atoms with Crippen molar-refractivity contribution < 1.29 is 28.6 Å². The molecular formula is C24H21O6S+. The number of rotatable bonds is 6. The molecule has 3 rings (SSSR count). The first-order chi connectivity index (χ1) is 15.0. The van der Waals surface area contributed by atoms with Crippen LogP contribution in [0.25, 0.3) is 0 Å². The van der Waals surface area contributed by atoms with Gasteiger partial charge in [0.15, 0.2) is 14.7 Å². The lowest BCUT2D eigenvalue weighted by Crippen LogP contribution is -2.08. The topological polar surface area (TPSA) is 78.9 Å². The van der Waals surface area contributed by atoms with E-state index in [-0.39, 0.29) is 0 Å². The number of esters is 3. The number of benzene rings is 3. The second kappa shape index (κ2) is 9.95. The van der Waals surface area contributed by atoms with Crippen molar-refractivity contribution in [1.29, 1.82) is 0 Å². The van der Waals surface area contributed by atoms with Crippen LogP contribution < -0.4 is 0 Å². The molecule has 0 atom stereocenters. The Labute approximate surface area is 183 Å². The number of carbonyl (C=O) groups is 3. The molecule has 0 saturated heterocycles. The largest absolute Gasteiger partial charge is 0.465 e. The van der Waals surface area contributed by atoms with E-state index in [0.29, 0.717) is 16.7 Å². The molecule has 0 bridgehead atoms. The van der Waals surface area contributed by atoms with Gasteiger partial charge >= 0.3 is 17.9 Å². The summed E-state index contributed by atoms with van der Waals surface area (Å²) in [6, 6.07) is 21.5. The normalized spacial score (nSPS) is 10.5. The Bertz CT molecular complexity index is 931. The molecule has 158 valence electrons. The van der Waals surface area contributed by atoms with Gasteiger partial charge in [-0.05, 0) is 72.8 Å². The standard InChI is InChI=1S/C24H21O6S/c1-28-22(25)16-4-10-19(11-5-16)31(20-12-6-17(7-13-20)23(26)29-2)21-14-8-18(9-15-21)24(27)30-3/h4-15H,1-3H3/q+1. The van der Waals surface area contributed by atoms with E-state index in [0.717, 1.165) is 14.7 Å². The van der Waals surface area contributed by atoms with Crippen molar-refractivity contribution in [3.8, 4) is 0 Å². The molecule has 0 aliphatic carbocycles. The first-order valence-corrected chi connectivity index (χ1v) is 10.5. The van der Waals surface area contributed by atoms with Crippen LogP contribution in [0.4, 0.5) is 0 Å². The Hall–Kier alpha value is -3.58. The van der Waals surface area contributed by atoms with Gasteiger partial charge in [-0.25, -0.2) is 14.4 Å². The van der Waals surface area contributed by atoms with E-state index in [2.05, 4.69) is 0 Å². The zero-order valence-electron chi connectivity index (χ0n) is 17.3. The van der Waals surface area contributed by atoms with Crippen molar-refractivity contribution >= 4 is 28.8 Å². The lowest BCUT2D eigenvalue weighted by atomic mass is 10.2. The summed E-state index contributed by atoms with van der Waals surface area (Å²) in [6.07, 6.45) is 0. The molecule has 7 heteroatoms. The molecule has 0 saturated carbocycles. The van der Waals surface area contributed by atoms with Crippen LogP contribution in [-0.4, -0.2) is 39.2 Å². The molecular weight excluding hydrogens is 416 g/mol. The number of hydrogen-bond acceptors (Lipinski definition) is 6. The Morgan fingerprint density at radius 3 is 0.903 bits per heavy atom. The summed E-state index contributed by atoms with van der Waals surface area (Å²) in [5, 5.41) is 0. The fraction of sp³-hybridized carbons (Fsp3) is 0.125. The highest BCUT2D eigenvalue weighted by Gasteiger charge is 2.29. The molecule has 3 aromatic carbocycles. The third-order valence-electron chi connectivity index (χ3n) is 4.53. The third-order valence-corrected chi connectivity index (χ3v) is 6.76. The maximum atomic E-state index is 11.8. The van der Waals surface area contributed by atoms with Gasteiger partial charge in [0.05, 0.1) is 48.9 Å². The summed E-state index contributed by atoms with van der Waals surface area (Å²) in [5.74, 6) is -1.22. The molecule has 3 aromatic rings. The fourth-order valence-corrected chi connectivity index (χ4v) is 4.98. The monoisotopic (exact) mass is 437 g/mol. The SMILES string of the molecule is COC(=O)c1ccc([S+](c2ccc(C(=O)OC)cc2)c2ccc(C(=O)OC)cc2)cc1. The van der Waals surface area contributed by atoms with E-state index in [1.165, 1.54) is 21.3 Å². The van der Waals surface area contributed by atoms with Crippen molar-refractivity contribution in [1.82, 2.24) is 0 Å². The molecule has 0 aliphatic heterocycles. The molecule has 0 radical (unpaired) electrons. The van der Waals surface area contributed by atoms with Gasteiger partial charge in [0.25, 0.3) is 0 Å². The Balaban J connectivity index is 2.04. The Morgan fingerprint density at radius 1 is 0.484 bits per heavy atom. The highest BCUT2D eigenvalue weighted by molar-refractivity contribution is 7.97. The zero-order chi connectivity index (χ0) is 22.4. The molecule has 0 aromatic heterocycles. The molecule has 6 nitrogen and oxygen atoms in total. The van der Waals surface area contributed by atoms with E-state index >= 15 is 0 Å². The van der Waals surface area contributed by atoms with Gasteiger partial charge in [0.1, 0.15) is 0 Å². The predicted octanol–water partition coefficient (Wildman–Crippen LogP) is 4.14. The summed E-state index contributed by atoms with van der Waals surface area (Å²) in [6.45, 7) is 0. The summed E-state index contributed by atoms with van der Waals surface area (Å²) in [5.41, 5.74) is 1.37. The van der Waals surface area contributed by atoms with Crippen LogP contribution in [0, 0.1) is 0 Å². The second-order valence-corrected chi connectivity index (χ2v) is 8.38. The summed E-state index contributed by atoms with van der Waals surface area (Å²) in [7, 11) is 3.48. The third kappa shape index (κ3) is 4.95. The van der Waals surface area contributed by atoms with E-state index in [1.54, 1.807) is 36.4 Å². The smallest absolute Gasteiger partial charge is 0.337 e. The Morgan fingerprint density at radius 2 is 0.710 bits per heavy atom. The highest BCUT2D eigenvalue weighted by Crippen LogP contribution is 2.32. The lowest BCUT2D eigenvalue weighted by Gasteiger charge is -2.10. The average Bonchev–Trinajstić information content (AvgIpc) is 2.84. The molecule has 0 amide bonds. The molecule has 0 unspecified atom stereocenters. The highest BCUT2D eigenvalue weighted by atomic mass is 32.2. The molecule has 0 fully saturated rings. The van der Waals surface area contributed by atoms with E-state index < -0.39 is 28.8 Å². The summed E-state index contributed by atoms with van der Waals surface area (Å²) in [4.78, 5) is 38.2. The lowest BCUT2D eigenvalue weighted by molar-refractivity contribution is 0.0592. The van der Waals surface area contributed by atoms with E-state index in [1.807, 2.05) is 36.4 Å². The van der Waals surface area contributed by atoms with Crippen molar-refractivity contribution in [2.75, 3.05) is 21.3 Å². The second-order valence-electron chi connectivity index (χ2n) is 6.35. The van der Waals surface area contributed by atoms with E-state index in [4.69, 9.17) is 14.2 Å². The minimum Gasteiger partial charge on any atom is -0.465 e. The van der Waals surface area contributed by atoms with Gasteiger partial charge < -0.3 is 14.2 Å². The van der Waals surface area contributed by atoms with Gasteiger partial charge in [0.2, 0.25) is 0 Å². The first kappa shape index (κ1) is 22.1. The maximum Gasteiger partial charge on any atom is 0.337 e. The van der Waals surface area contributed by atoms with Gasteiger partial charge in [-0.2, -0.15) is 0 Å². The number of carbonyl (C=O) groups excluding carboxylic acids is 3. The van der Waals surface area contributed by atoms with Crippen LogP contribution >= 0.6 is 0 Å². The average molecular weight is 437 g/mol. The molecule has 0 spiro atoms. The van der Waals surface area contributed by atoms with Gasteiger partial charge in [0, 0.05) is 0 Å². The number of methoxy groups -OCH3 is 3. The van der Waals surface area contributed by atoms with Crippen LogP contribution in [0.2, 0.25) is 0 Å². The minimum absolute atomic E-state index is 0.406. The van der Waals surface area contributed by atoms with Gasteiger partial charge in [-0.15, -0.1) is 0 Å². The van der Waals surface area contributed by atoms with Crippen LogP contribution in [-0.2, 0) is 25.1 Å². The van der Waals surface area contributed by atoms with E-state index in [9.17, 15) is 14.4 Å². The van der Waals surface area contributed by atoms with Gasteiger partial charge in [-0.3, -0.25) is 0 Å². The molecule has 0 N–H and O–H groups in total.